The molecule has 0 fully saturated rings. The van der Waals surface area contributed by atoms with Gasteiger partial charge in [0, 0.05) is 6.04 Å². The molecule has 0 aromatic heterocycles. The average Bonchev–Trinajstić information content (AvgIpc) is 2.60. The van der Waals surface area contributed by atoms with Gasteiger partial charge in [-0.1, -0.05) is 26.0 Å². The van der Waals surface area contributed by atoms with Gasteiger partial charge in [0.2, 0.25) is 10.0 Å². The van der Waals surface area contributed by atoms with Gasteiger partial charge in [-0.05, 0) is 54.8 Å². The molecule has 2 aromatic rings. The Bertz CT molecular complexity index is 768. The van der Waals surface area contributed by atoms with Crippen molar-refractivity contribution in [2.45, 2.75) is 31.7 Å². The summed E-state index contributed by atoms with van der Waals surface area (Å²) in [7, 11) is -2.04. The van der Waals surface area contributed by atoms with Crippen LogP contribution in [-0.2, 0) is 10.0 Å². The minimum atomic E-state index is -3.64. The molecule has 1 atom stereocenters. The van der Waals surface area contributed by atoms with E-state index in [-0.39, 0.29) is 16.9 Å². The van der Waals surface area contributed by atoms with E-state index in [4.69, 9.17) is 9.47 Å². The zero-order valence-electron chi connectivity index (χ0n) is 15.0. The van der Waals surface area contributed by atoms with Crippen LogP contribution < -0.4 is 14.2 Å². The lowest BCUT2D eigenvalue weighted by atomic mass is 9.97. The maximum atomic E-state index is 12.7. The number of ether oxygens (including phenoxy) is 2. The van der Waals surface area contributed by atoms with Crippen LogP contribution in [0.25, 0.3) is 0 Å². The maximum absolute atomic E-state index is 12.7. The molecule has 0 saturated carbocycles. The summed E-state index contributed by atoms with van der Waals surface area (Å²) >= 11 is 0. The minimum Gasteiger partial charge on any atom is -0.497 e. The number of benzene rings is 2. The van der Waals surface area contributed by atoms with Crippen molar-refractivity contribution in [3.8, 4) is 11.5 Å². The Morgan fingerprint density at radius 1 is 0.960 bits per heavy atom. The van der Waals surface area contributed by atoms with E-state index in [2.05, 4.69) is 4.72 Å². The second-order valence-electron chi connectivity index (χ2n) is 6.02. The van der Waals surface area contributed by atoms with Crippen LogP contribution in [0.5, 0.6) is 11.5 Å². The zero-order chi connectivity index (χ0) is 18.4. The second kappa shape index (κ2) is 8.36. The molecular weight excluding hydrogens is 338 g/mol. The summed E-state index contributed by atoms with van der Waals surface area (Å²) < 4.78 is 38.8. The molecule has 0 aliphatic rings. The highest BCUT2D eigenvalue weighted by molar-refractivity contribution is 7.89. The molecular formula is C19H25NO4S. The van der Waals surface area contributed by atoms with E-state index in [1.54, 1.807) is 31.4 Å². The van der Waals surface area contributed by atoms with Crippen molar-refractivity contribution in [1.82, 2.24) is 4.72 Å². The fourth-order valence-corrected chi connectivity index (χ4v) is 3.89. The minimum absolute atomic E-state index is 0.0888. The van der Waals surface area contributed by atoms with Gasteiger partial charge in [-0.3, -0.25) is 0 Å². The average molecular weight is 363 g/mol. The van der Waals surface area contributed by atoms with Crippen molar-refractivity contribution in [2.24, 2.45) is 5.92 Å². The van der Waals surface area contributed by atoms with E-state index in [0.717, 1.165) is 11.3 Å². The summed E-state index contributed by atoms with van der Waals surface area (Å²) in [5.74, 6) is 1.48. The first kappa shape index (κ1) is 19.3. The highest BCUT2D eigenvalue weighted by atomic mass is 32.2. The lowest BCUT2D eigenvalue weighted by molar-refractivity contribution is 0.340. The summed E-state index contributed by atoms with van der Waals surface area (Å²) in [5.41, 5.74) is 0.894. The lowest BCUT2D eigenvalue weighted by Gasteiger charge is -2.23. The van der Waals surface area contributed by atoms with Gasteiger partial charge in [0.05, 0.1) is 18.6 Å². The Hall–Kier alpha value is -2.05. The topological polar surface area (TPSA) is 64.6 Å². The first-order valence-electron chi connectivity index (χ1n) is 8.26. The third kappa shape index (κ3) is 4.96. The van der Waals surface area contributed by atoms with E-state index in [1.165, 1.54) is 0 Å². The van der Waals surface area contributed by atoms with Crippen molar-refractivity contribution in [2.75, 3.05) is 13.7 Å². The summed E-state index contributed by atoms with van der Waals surface area (Å²) in [6.45, 7) is 6.39. The third-order valence-electron chi connectivity index (χ3n) is 3.87. The highest BCUT2D eigenvalue weighted by Gasteiger charge is 2.24. The van der Waals surface area contributed by atoms with Gasteiger partial charge in [0.25, 0.3) is 0 Å². The maximum Gasteiger partial charge on any atom is 0.241 e. The third-order valence-corrected chi connectivity index (χ3v) is 5.33. The molecule has 2 rings (SSSR count). The number of hydrogen-bond donors (Lipinski definition) is 1. The van der Waals surface area contributed by atoms with Gasteiger partial charge < -0.3 is 9.47 Å². The van der Waals surface area contributed by atoms with Crippen molar-refractivity contribution < 1.29 is 17.9 Å². The number of nitrogens with one attached hydrogen (secondary N) is 1. The van der Waals surface area contributed by atoms with Gasteiger partial charge in [-0.15, -0.1) is 0 Å². The predicted molar refractivity (Wildman–Crippen MR) is 98.5 cm³/mol. The van der Waals surface area contributed by atoms with Crippen LogP contribution in [0.4, 0.5) is 0 Å². The molecule has 0 bridgehead atoms. The highest BCUT2D eigenvalue weighted by Crippen LogP contribution is 2.26. The quantitative estimate of drug-likeness (QED) is 0.775. The molecule has 136 valence electrons. The Morgan fingerprint density at radius 2 is 1.52 bits per heavy atom. The van der Waals surface area contributed by atoms with Crippen LogP contribution in [0.1, 0.15) is 32.4 Å². The number of methoxy groups -OCH3 is 1. The summed E-state index contributed by atoms with van der Waals surface area (Å²) in [4.78, 5) is 0.218. The molecule has 25 heavy (non-hydrogen) atoms. The zero-order valence-corrected chi connectivity index (χ0v) is 15.8. The Labute approximate surface area is 150 Å². The van der Waals surface area contributed by atoms with Gasteiger partial charge >= 0.3 is 0 Å². The van der Waals surface area contributed by atoms with Crippen molar-refractivity contribution >= 4 is 10.0 Å². The molecule has 2 aromatic carbocycles. The molecule has 0 amide bonds. The molecule has 5 nitrogen and oxygen atoms in total. The fraction of sp³-hybridized carbons (Fsp3) is 0.368. The lowest BCUT2D eigenvalue weighted by Crippen LogP contribution is -2.31. The standard InChI is InChI=1S/C19H25NO4S/c1-5-24-17-10-12-18(13-11-17)25(21,22)20-19(14(2)3)15-6-8-16(23-4)9-7-15/h6-14,19-20H,5H2,1-4H3. The summed E-state index contributed by atoms with van der Waals surface area (Å²) in [6, 6.07) is 13.5. The van der Waals surface area contributed by atoms with Gasteiger partial charge in [-0.25, -0.2) is 13.1 Å². The molecule has 6 heteroatoms. The summed E-state index contributed by atoms with van der Waals surface area (Å²) in [6.07, 6.45) is 0. The fourth-order valence-electron chi connectivity index (χ4n) is 2.52. The molecule has 0 saturated heterocycles. The normalized spacial score (nSPS) is 12.8. The monoisotopic (exact) mass is 363 g/mol. The van der Waals surface area contributed by atoms with Gasteiger partial charge in [0.15, 0.2) is 0 Å². The van der Waals surface area contributed by atoms with E-state index in [1.807, 2.05) is 45.0 Å². The second-order valence-corrected chi connectivity index (χ2v) is 7.73. The van der Waals surface area contributed by atoms with E-state index in [9.17, 15) is 8.42 Å². The number of rotatable bonds is 8. The molecule has 0 radical (unpaired) electrons. The van der Waals surface area contributed by atoms with Gasteiger partial charge in [0.1, 0.15) is 11.5 Å². The smallest absolute Gasteiger partial charge is 0.241 e. The molecule has 0 spiro atoms. The Kier molecular flexibility index (Phi) is 6.45. The molecule has 0 aliphatic carbocycles. The largest absolute Gasteiger partial charge is 0.497 e. The van der Waals surface area contributed by atoms with Crippen LogP contribution in [0.3, 0.4) is 0 Å². The molecule has 0 aliphatic heterocycles. The first-order chi connectivity index (χ1) is 11.9. The molecule has 0 heterocycles. The van der Waals surface area contributed by atoms with Crippen LogP contribution in [0.15, 0.2) is 53.4 Å². The Balaban J connectivity index is 2.24. The van der Waals surface area contributed by atoms with E-state index >= 15 is 0 Å². The first-order valence-corrected chi connectivity index (χ1v) is 9.75. The van der Waals surface area contributed by atoms with Crippen LogP contribution in [0, 0.1) is 5.92 Å². The van der Waals surface area contributed by atoms with Crippen LogP contribution in [0.2, 0.25) is 0 Å². The van der Waals surface area contributed by atoms with Crippen LogP contribution in [-0.4, -0.2) is 22.1 Å². The van der Waals surface area contributed by atoms with Crippen molar-refractivity contribution in [3.63, 3.8) is 0 Å². The number of sulfonamides is 1. The van der Waals surface area contributed by atoms with Gasteiger partial charge in [-0.2, -0.15) is 0 Å². The van der Waals surface area contributed by atoms with E-state index < -0.39 is 10.0 Å². The van der Waals surface area contributed by atoms with E-state index in [0.29, 0.717) is 12.4 Å². The van der Waals surface area contributed by atoms with Crippen molar-refractivity contribution in [3.05, 3.63) is 54.1 Å². The predicted octanol–water partition coefficient (Wildman–Crippen LogP) is 3.77. The molecule has 1 N–H and O–H groups in total. The number of hydrogen-bond acceptors (Lipinski definition) is 4. The van der Waals surface area contributed by atoms with Crippen LogP contribution >= 0.6 is 0 Å². The molecule has 1 unspecified atom stereocenters. The van der Waals surface area contributed by atoms with Crippen molar-refractivity contribution in [1.29, 1.82) is 0 Å². The summed E-state index contributed by atoms with van der Waals surface area (Å²) in [5, 5.41) is 0. The SMILES string of the molecule is CCOc1ccc(S(=O)(=O)NC(c2ccc(OC)cc2)C(C)C)cc1. The Morgan fingerprint density at radius 3 is 2.00 bits per heavy atom.